The SMILES string of the molecule is Cc1cc(C(C)(O)CNC(=O)Cn2cnc3c2CCCC3)c(C)o1. The van der Waals surface area contributed by atoms with E-state index in [2.05, 4.69) is 10.3 Å². The Bertz CT molecular complexity index is 743. The Hall–Kier alpha value is -2.08. The van der Waals surface area contributed by atoms with Crippen molar-refractivity contribution in [2.75, 3.05) is 6.54 Å². The van der Waals surface area contributed by atoms with Crippen LogP contribution < -0.4 is 5.32 Å². The van der Waals surface area contributed by atoms with Gasteiger partial charge in [-0.15, -0.1) is 0 Å². The van der Waals surface area contributed by atoms with E-state index in [1.54, 1.807) is 13.3 Å². The maximum atomic E-state index is 12.3. The summed E-state index contributed by atoms with van der Waals surface area (Å²) in [6.07, 6.45) is 6.04. The number of fused-ring (bicyclic) bond motifs is 1. The number of carbonyl (C=O) groups excluding carboxylic acids is 1. The first-order chi connectivity index (χ1) is 11.4. The largest absolute Gasteiger partial charge is 0.466 e. The van der Waals surface area contributed by atoms with Gasteiger partial charge in [0.15, 0.2) is 0 Å². The van der Waals surface area contributed by atoms with Crippen LogP contribution in [0.4, 0.5) is 0 Å². The molecule has 2 aromatic heterocycles. The van der Waals surface area contributed by atoms with E-state index < -0.39 is 5.60 Å². The summed E-state index contributed by atoms with van der Waals surface area (Å²) in [5, 5.41) is 13.5. The third-order valence-electron chi connectivity index (χ3n) is 4.67. The Morgan fingerprint density at radius 1 is 1.42 bits per heavy atom. The molecule has 0 saturated heterocycles. The van der Waals surface area contributed by atoms with Crippen molar-refractivity contribution in [1.29, 1.82) is 0 Å². The van der Waals surface area contributed by atoms with Gasteiger partial charge in [0.1, 0.15) is 23.7 Å². The van der Waals surface area contributed by atoms with Crippen LogP contribution in [0.1, 0.15) is 48.2 Å². The average Bonchev–Trinajstić information content (AvgIpc) is 3.09. The van der Waals surface area contributed by atoms with Gasteiger partial charge in [-0.3, -0.25) is 4.79 Å². The summed E-state index contributed by atoms with van der Waals surface area (Å²) in [4.78, 5) is 16.7. The van der Waals surface area contributed by atoms with E-state index in [1.807, 2.05) is 24.5 Å². The Kier molecular flexibility index (Phi) is 4.49. The molecule has 6 heteroatoms. The number of imidazole rings is 1. The molecular formula is C18H25N3O3. The summed E-state index contributed by atoms with van der Waals surface area (Å²) >= 11 is 0. The van der Waals surface area contributed by atoms with Crippen LogP contribution >= 0.6 is 0 Å². The van der Waals surface area contributed by atoms with Crippen molar-refractivity contribution in [2.24, 2.45) is 0 Å². The van der Waals surface area contributed by atoms with Crippen LogP contribution in [0.25, 0.3) is 0 Å². The minimum Gasteiger partial charge on any atom is -0.466 e. The molecule has 2 aromatic rings. The number of hydrogen-bond acceptors (Lipinski definition) is 4. The lowest BCUT2D eigenvalue weighted by atomic mass is 9.96. The van der Waals surface area contributed by atoms with Crippen LogP contribution in [0.5, 0.6) is 0 Å². The van der Waals surface area contributed by atoms with Crippen molar-refractivity contribution in [2.45, 2.75) is 58.6 Å². The second kappa shape index (κ2) is 6.43. The second-order valence-corrected chi connectivity index (χ2v) is 6.85. The van der Waals surface area contributed by atoms with Crippen molar-refractivity contribution in [1.82, 2.24) is 14.9 Å². The maximum Gasteiger partial charge on any atom is 0.240 e. The number of aliphatic hydroxyl groups is 1. The van der Waals surface area contributed by atoms with Gasteiger partial charge < -0.3 is 19.4 Å². The molecule has 0 radical (unpaired) electrons. The van der Waals surface area contributed by atoms with Gasteiger partial charge in [0.2, 0.25) is 5.91 Å². The third-order valence-corrected chi connectivity index (χ3v) is 4.67. The van der Waals surface area contributed by atoms with E-state index in [-0.39, 0.29) is 19.0 Å². The Labute approximate surface area is 141 Å². The lowest BCUT2D eigenvalue weighted by molar-refractivity contribution is -0.122. The highest BCUT2D eigenvalue weighted by Crippen LogP contribution is 2.26. The van der Waals surface area contributed by atoms with Crippen LogP contribution in [0.3, 0.4) is 0 Å². The van der Waals surface area contributed by atoms with E-state index >= 15 is 0 Å². The topological polar surface area (TPSA) is 80.3 Å². The highest BCUT2D eigenvalue weighted by atomic mass is 16.3. The number of aryl methyl sites for hydroxylation is 3. The molecule has 2 heterocycles. The number of aromatic nitrogens is 2. The molecule has 0 spiro atoms. The van der Waals surface area contributed by atoms with Gasteiger partial charge in [0.25, 0.3) is 0 Å². The first-order valence-electron chi connectivity index (χ1n) is 8.46. The number of amides is 1. The number of carbonyl (C=O) groups is 1. The van der Waals surface area contributed by atoms with E-state index in [0.717, 1.165) is 30.7 Å². The van der Waals surface area contributed by atoms with Crippen molar-refractivity contribution >= 4 is 5.91 Å². The monoisotopic (exact) mass is 331 g/mol. The number of hydrogen-bond donors (Lipinski definition) is 2. The fourth-order valence-corrected chi connectivity index (χ4v) is 3.41. The molecule has 1 aliphatic carbocycles. The molecule has 0 bridgehead atoms. The van der Waals surface area contributed by atoms with E-state index in [1.165, 1.54) is 12.1 Å². The molecule has 1 aliphatic rings. The minimum absolute atomic E-state index is 0.126. The van der Waals surface area contributed by atoms with Gasteiger partial charge >= 0.3 is 0 Å². The molecule has 0 saturated carbocycles. The van der Waals surface area contributed by atoms with E-state index in [4.69, 9.17) is 4.42 Å². The quantitative estimate of drug-likeness (QED) is 0.878. The predicted octanol–water partition coefficient (Wildman–Crippen LogP) is 2.00. The lowest BCUT2D eigenvalue weighted by Crippen LogP contribution is -2.40. The zero-order chi connectivity index (χ0) is 17.3. The molecule has 2 N–H and O–H groups in total. The molecule has 130 valence electrons. The van der Waals surface area contributed by atoms with Gasteiger partial charge in [-0.2, -0.15) is 0 Å². The Morgan fingerprint density at radius 2 is 2.17 bits per heavy atom. The standard InChI is InChI=1S/C18H25N3O3/c1-12-8-14(13(2)24-12)18(3,23)10-19-17(22)9-21-11-20-15-6-4-5-7-16(15)21/h8,11,23H,4-7,9-10H2,1-3H3,(H,19,22). The maximum absolute atomic E-state index is 12.3. The molecule has 1 atom stereocenters. The predicted molar refractivity (Wildman–Crippen MR) is 89.6 cm³/mol. The molecule has 0 aliphatic heterocycles. The van der Waals surface area contributed by atoms with Gasteiger partial charge in [0.05, 0.1) is 18.6 Å². The summed E-state index contributed by atoms with van der Waals surface area (Å²) in [6.45, 7) is 5.72. The van der Waals surface area contributed by atoms with E-state index in [0.29, 0.717) is 11.3 Å². The summed E-state index contributed by atoms with van der Waals surface area (Å²) in [7, 11) is 0. The fourth-order valence-electron chi connectivity index (χ4n) is 3.41. The average molecular weight is 331 g/mol. The van der Waals surface area contributed by atoms with Crippen molar-refractivity contribution < 1.29 is 14.3 Å². The van der Waals surface area contributed by atoms with E-state index in [9.17, 15) is 9.90 Å². The van der Waals surface area contributed by atoms with Crippen molar-refractivity contribution in [3.05, 3.63) is 40.9 Å². The molecular weight excluding hydrogens is 306 g/mol. The zero-order valence-corrected chi connectivity index (χ0v) is 14.6. The first-order valence-corrected chi connectivity index (χ1v) is 8.46. The number of furan rings is 1. The fraction of sp³-hybridized carbons (Fsp3) is 0.556. The van der Waals surface area contributed by atoms with Crippen molar-refractivity contribution in [3.63, 3.8) is 0 Å². The summed E-state index contributed by atoms with van der Waals surface area (Å²) in [5.41, 5.74) is 1.83. The second-order valence-electron chi connectivity index (χ2n) is 6.85. The molecule has 0 fully saturated rings. The van der Waals surface area contributed by atoms with Gasteiger partial charge in [-0.1, -0.05) is 0 Å². The zero-order valence-electron chi connectivity index (χ0n) is 14.6. The first kappa shape index (κ1) is 16.8. The van der Waals surface area contributed by atoms with Crippen LogP contribution in [0.15, 0.2) is 16.8 Å². The number of nitrogens with zero attached hydrogens (tertiary/aromatic N) is 2. The van der Waals surface area contributed by atoms with Crippen LogP contribution in [-0.2, 0) is 29.8 Å². The normalized spacial score (nSPS) is 16.5. The molecule has 0 aromatic carbocycles. The molecule has 1 amide bonds. The number of nitrogens with one attached hydrogen (secondary N) is 1. The van der Waals surface area contributed by atoms with Crippen LogP contribution in [0, 0.1) is 13.8 Å². The summed E-state index contributed by atoms with van der Waals surface area (Å²) in [6, 6.07) is 1.81. The third kappa shape index (κ3) is 3.38. The summed E-state index contributed by atoms with van der Waals surface area (Å²) in [5.74, 6) is 1.30. The van der Waals surface area contributed by atoms with Crippen LogP contribution in [0.2, 0.25) is 0 Å². The molecule has 3 rings (SSSR count). The highest BCUT2D eigenvalue weighted by molar-refractivity contribution is 5.76. The summed E-state index contributed by atoms with van der Waals surface area (Å²) < 4.78 is 7.39. The Morgan fingerprint density at radius 3 is 2.88 bits per heavy atom. The van der Waals surface area contributed by atoms with Crippen LogP contribution in [-0.4, -0.2) is 27.1 Å². The van der Waals surface area contributed by atoms with Gasteiger partial charge in [-0.25, -0.2) is 4.98 Å². The smallest absolute Gasteiger partial charge is 0.240 e. The minimum atomic E-state index is -1.16. The Balaban J connectivity index is 1.61. The molecule has 6 nitrogen and oxygen atoms in total. The van der Waals surface area contributed by atoms with Gasteiger partial charge in [-0.05, 0) is 52.5 Å². The molecule has 24 heavy (non-hydrogen) atoms. The highest BCUT2D eigenvalue weighted by Gasteiger charge is 2.28. The van der Waals surface area contributed by atoms with Crippen molar-refractivity contribution in [3.8, 4) is 0 Å². The molecule has 1 unspecified atom stereocenters. The number of rotatable bonds is 5. The van der Waals surface area contributed by atoms with Gasteiger partial charge in [0, 0.05) is 11.3 Å². The lowest BCUT2D eigenvalue weighted by Gasteiger charge is -2.23.